The third kappa shape index (κ3) is 7.41. The molecular formula is C18H5F34NO4. The number of carboxylic acids is 2. The molecule has 0 aliphatic carbocycles. The Labute approximate surface area is 284 Å². The molecule has 0 fully saturated rings. The molecular weight excluding hydrogens is 940 g/mol. The SMILES string of the molecule is N.O=C(O)C(F)(F)C(F)(F)C(F)(F)C(F)(F)C(F)(F)C(F)(F)C(F)(F)C(F)(F)F.O=C(O)C(F)(F)C(F)(F)C(F)(F)C(F)(F)C(F)(F)C(F)(F)C(F)(F)C(F)(F)F. The van der Waals surface area contributed by atoms with Gasteiger partial charge in [0, 0.05) is 0 Å². The molecule has 0 aromatic rings. The lowest BCUT2D eigenvalue weighted by atomic mass is 9.89. The third-order valence-electron chi connectivity index (χ3n) is 5.98. The van der Waals surface area contributed by atoms with Crippen molar-refractivity contribution in [1.29, 1.82) is 0 Å². The van der Waals surface area contributed by atoms with Crippen LogP contribution in [0.15, 0.2) is 0 Å². The zero-order chi connectivity index (χ0) is 47.2. The highest BCUT2D eigenvalue weighted by Crippen LogP contribution is 2.66. The molecule has 0 aromatic heterocycles. The van der Waals surface area contributed by atoms with E-state index in [-0.39, 0.29) is 6.15 Å². The van der Waals surface area contributed by atoms with Crippen LogP contribution in [0.4, 0.5) is 149 Å². The fraction of sp³-hybridized carbons (Fsp3) is 0.889. The molecule has 5 N–H and O–H groups in total. The second-order valence-corrected chi connectivity index (χ2v) is 9.65. The van der Waals surface area contributed by atoms with Gasteiger partial charge < -0.3 is 16.4 Å². The van der Waals surface area contributed by atoms with Crippen molar-refractivity contribution < 1.29 is 169 Å². The topological polar surface area (TPSA) is 110 Å². The first kappa shape index (κ1) is 57.8. The molecule has 0 saturated heterocycles. The second kappa shape index (κ2) is 14.4. The van der Waals surface area contributed by atoms with Crippen LogP contribution in [0, 0.1) is 0 Å². The minimum absolute atomic E-state index is 0. The number of rotatable bonds is 14. The number of hydrogen-bond acceptors (Lipinski definition) is 3. The standard InChI is InChI=1S/2C9HF17O2.H3N/c2*10-2(11,1(27)28)3(12,13)4(14,15)5(16,17)6(18,19)7(20,21)8(22,23)9(24,25)26;/h2*(H,27,28);1H3. The maximum absolute atomic E-state index is 13.0. The van der Waals surface area contributed by atoms with Crippen LogP contribution in [0.25, 0.3) is 0 Å². The van der Waals surface area contributed by atoms with Crippen molar-refractivity contribution in [3.8, 4) is 0 Å². The number of halogens is 34. The number of carbonyl (C=O) groups is 2. The van der Waals surface area contributed by atoms with Gasteiger partial charge in [-0.2, -0.15) is 149 Å². The minimum Gasteiger partial charge on any atom is -0.477 e. The molecule has 0 aliphatic rings. The molecule has 5 nitrogen and oxygen atoms in total. The zero-order valence-corrected chi connectivity index (χ0v) is 24.3. The van der Waals surface area contributed by atoms with E-state index in [0.717, 1.165) is 0 Å². The van der Waals surface area contributed by atoms with Gasteiger partial charge in [0.1, 0.15) is 0 Å². The molecule has 0 aliphatic heterocycles. The summed E-state index contributed by atoms with van der Waals surface area (Å²) < 4.78 is 428. The Morgan fingerprint density at radius 1 is 0.228 bits per heavy atom. The number of alkyl halides is 34. The molecule has 0 radical (unpaired) electrons. The van der Waals surface area contributed by atoms with E-state index in [4.69, 9.17) is 10.2 Å². The van der Waals surface area contributed by atoms with E-state index in [2.05, 4.69) is 0 Å². The molecule has 0 heterocycles. The average molecular weight is 945 g/mol. The summed E-state index contributed by atoms with van der Waals surface area (Å²) in [6.45, 7) is 0. The van der Waals surface area contributed by atoms with Gasteiger partial charge in [-0.1, -0.05) is 0 Å². The molecule has 0 saturated carbocycles. The molecule has 0 unspecified atom stereocenters. The van der Waals surface area contributed by atoms with Gasteiger partial charge in [0.2, 0.25) is 0 Å². The maximum atomic E-state index is 13.0. The first-order valence-corrected chi connectivity index (χ1v) is 11.3. The van der Waals surface area contributed by atoms with Crippen LogP contribution in [0.1, 0.15) is 0 Å². The summed E-state index contributed by atoms with van der Waals surface area (Å²) in [4.78, 5) is 19.5. The molecule has 0 rings (SSSR count). The van der Waals surface area contributed by atoms with Crippen molar-refractivity contribution in [1.82, 2.24) is 6.15 Å². The molecule has 0 aromatic carbocycles. The monoisotopic (exact) mass is 945 g/mol. The van der Waals surface area contributed by atoms with E-state index in [1.807, 2.05) is 0 Å². The van der Waals surface area contributed by atoms with Crippen LogP contribution in [0.3, 0.4) is 0 Å². The predicted molar refractivity (Wildman–Crippen MR) is 102 cm³/mol. The summed E-state index contributed by atoms with van der Waals surface area (Å²) in [6.07, 6.45) is -15.7. The highest BCUT2D eigenvalue weighted by Gasteiger charge is 2.97. The van der Waals surface area contributed by atoms with Gasteiger partial charge in [0.15, 0.2) is 0 Å². The minimum atomic E-state index is -8.76. The summed E-state index contributed by atoms with van der Waals surface area (Å²) in [7, 11) is 0. The lowest BCUT2D eigenvalue weighted by Gasteiger charge is -2.42. The third-order valence-corrected chi connectivity index (χ3v) is 5.98. The number of aliphatic carboxylic acids is 2. The van der Waals surface area contributed by atoms with Gasteiger partial charge in [0.05, 0.1) is 0 Å². The quantitative estimate of drug-likeness (QED) is 0.150. The van der Waals surface area contributed by atoms with Crippen LogP contribution in [-0.4, -0.2) is 117 Å². The van der Waals surface area contributed by atoms with Crippen LogP contribution in [-0.2, 0) is 9.59 Å². The van der Waals surface area contributed by atoms with E-state index in [0.29, 0.717) is 0 Å². The summed E-state index contributed by atoms with van der Waals surface area (Å²) in [6, 6.07) is 0. The average Bonchev–Trinajstić information content (AvgIpc) is 2.94. The van der Waals surface area contributed by atoms with Crippen LogP contribution >= 0.6 is 0 Å². The Morgan fingerprint density at radius 3 is 0.439 bits per heavy atom. The fourth-order valence-electron chi connectivity index (χ4n) is 2.60. The van der Waals surface area contributed by atoms with Gasteiger partial charge in [-0.3, -0.25) is 0 Å². The molecule has 0 spiro atoms. The van der Waals surface area contributed by atoms with Gasteiger partial charge in [-0.05, 0) is 0 Å². The van der Waals surface area contributed by atoms with E-state index in [1.54, 1.807) is 0 Å². The van der Waals surface area contributed by atoms with E-state index in [9.17, 15) is 159 Å². The number of hydrogen-bond donors (Lipinski definition) is 3. The Bertz CT molecular complexity index is 1340. The zero-order valence-electron chi connectivity index (χ0n) is 24.3. The van der Waals surface area contributed by atoms with Crippen molar-refractivity contribution in [2.24, 2.45) is 0 Å². The van der Waals surface area contributed by atoms with Crippen molar-refractivity contribution in [3.63, 3.8) is 0 Å². The second-order valence-electron chi connectivity index (χ2n) is 9.65. The van der Waals surface area contributed by atoms with Gasteiger partial charge in [0.25, 0.3) is 0 Å². The summed E-state index contributed by atoms with van der Waals surface area (Å²) in [5, 5.41) is 15.2. The Kier molecular flexibility index (Phi) is 14.6. The Hall–Kier alpha value is -3.48. The lowest BCUT2D eigenvalue weighted by Crippen LogP contribution is -2.75. The first-order chi connectivity index (χ1) is 23.4. The van der Waals surface area contributed by atoms with E-state index in [1.165, 1.54) is 0 Å². The van der Waals surface area contributed by atoms with Crippen LogP contribution < -0.4 is 6.15 Å². The normalized spacial score (nSPS) is 16.0. The number of carboxylic acid groups (broad SMARTS) is 2. The molecule has 344 valence electrons. The van der Waals surface area contributed by atoms with Gasteiger partial charge in [-0.15, -0.1) is 0 Å². The van der Waals surface area contributed by atoms with Crippen LogP contribution in [0.5, 0.6) is 0 Å². The Balaban J connectivity index is -0.00000101. The lowest BCUT2D eigenvalue weighted by molar-refractivity contribution is -0.460. The van der Waals surface area contributed by atoms with Crippen molar-refractivity contribution >= 4 is 11.9 Å². The largest absolute Gasteiger partial charge is 0.477 e. The molecule has 0 amide bonds. The molecule has 39 heteroatoms. The molecule has 0 bridgehead atoms. The first-order valence-electron chi connectivity index (χ1n) is 11.3. The van der Waals surface area contributed by atoms with Crippen molar-refractivity contribution in [2.45, 2.75) is 95.3 Å². The Morgan fingerprint density at radius 2 is 0.333 bits per heavy atom. The van der Waals surface area contributed by atoms with Crippen molar-refractivity contribution in [3.05, 3.63) is 0 Å². The summed E-state index contributed by atoms with van der Waals surface area (Å²) in [5.74, 6) is -126. The van der Waals surface area contributed by atoms with Crippen LogP contribution in [0.2, 0.25) is 0 Å². The summed E-state index contributed by atoms with van der Waals surface area (Å²) >= 11 is 0. The van der Waals surface area contributed by atoms with E-state index >= 15 is 0 Å². The van der Waals surface area contributed by atoms with Gasteiger partial charge in [-0.25, -0.2) is 9.59 Å². The smallest absolute Gasteiger partial charge is 0.460 e. The maximum Gasteiger partial charge on any atom is 0.460 e. The van der Waals surface area contributed by atoms with Crippen molar-refractivity contribution in [2.75, 3.05) is 0 Å². The predicted octanol–water partition coefficient (Wildman–Crippen LogP) is 10.3. The van der Waals surface area contributed by atoms with Gasteiger partial charge >= 0.3 is 107 Å². The highest BCUT2D eigenvalue weighted by molar-refractivity contribution is 5.77. The van der Waals surface area contributed by atoms with E-state index < -0.39 is 107 Å². The fourth-order valence-corrected chi connectivity index (χ4v) is 2.60. The molecule has 57 heavy (non-hydrogen) atoms. The summed E-state index contributed by atoms with van der Waals surface area (Å²) in [5.41, 5.74) is 0. The highest BCUT2D eigenvalue weighted by atomic mass is 19.4. The molecule has 0 atom stereocenters.